The molecule has 24 heavy (non-hydrogen) atoms. The maximum Gasteiger partial charge on any atom is 0.374 e. The zero-order valence-corrected chi connectivity index (χ0v) is 13.9. The first-order valence-corrected chi connectivity index (χ1v) is 7.48. The van der Waals surface area contributed by atoms with Gasteiger partial charge in [-0.25, -0.2) is 4.79 Å². The molecular formula is C19H20O5. The summed E-state index contributed by atoms with van der Waals surface area (Å²) in [6.07, 6.45) is -0.000620. The molecule has 0 aromatic heterocycles. The van der Waals surface area contributed by atoms with Crippen LogP contribution in [0.1, 0.15) is 23.5 Å². The Labute approximate surface area is 141 Å². The normalized spacial score (nSPS) is 11.5. The van der Waals surface area contributed by atoms with Gasteiger partial charge < -0.3 is 14.2 Å². The molecule has 2 rings (SSSR count). The second kappa shape index (κ2) is 8.15. The van der Waals surface area contributed by atoms with E-state index in [9.17, 15) is 9.59 Å². The van der Waals surface area contributed by atoms with E-state index >= 15 is 0 Å². The zero-order valence-electron chi connectivity index (χ0n) is 13.9. The van der Waals surface area contributed by atoms with Crippen molar-refractivity contribution in [2.45, 2.75) is 12.3 Å². The fourth-order valence-electron chi connectivity index (χ4n) is 2.58. The molecule has 0 N–H and O–H groups in total. The van der Waals surface area contributed by atoms with Crippen molar-refractivity contribution in [3.63, 3.8) is 0 Å². The lowest BCUT2D eigenvalue weighted by molar-refractivity contribution is -0.151. The number of ether oxygens (including phenoxy) is 3. The highest BCUT2D eigenvalue weighted by molar-refractivity contribution is 6.33. The third kappa shape index (κ3) is 3.93. The van der Waals surface area contributed by atoms with Crippen LogP contribution in [0.2, 0.25) is 0 Å². The van der Waals surface area contributed by atoms with Crippen molar-refractivity contribution in [2.24, 2.45) is 0 Å². The Morgan fingerprint density at radius 2 is 1.67 bits per heavy atom. The Morgan fingerprint density at radius 3 is 2.25 bits per heavy atom. The lowest BCUT2D eigenvalue weighted by Gasteiger charge is -2.20. The van der Waals surface area contributed by atoms with E-state index in [-0.39, 0.29) is 12.3 Å². The molecule has 0 aliphatic heterocycles. The van der Waals surface area contributed by atoms with E-state index in [1.54, 1.807) is 26.4 Å². The number of carbonyl (C=O) groups excluding carboxylic acids is 2. The monoisotopic (exact) mass is 328 g/mol. The second-order valence-electron chi connectivity index (χ2n) is 5.19. The summed E-state index contributed by atoms with van der Waals surface area (Å²) in [4.78, 5) is 23.7. The molecule has 0 aliphatic carbocycles. The summed E-state index contributed by atoms with van der Waals surface area (Å²) < 4.78 is 15.2. The summed E-state index contributed by atoms with van der Waals surface area (Å²) in [6.45, 7) is 0. The predicted molar refractivity (Wildman–Crippen MR) is 89.5 cm³/mol. The van der Waals surface area contributed by atoms with Crippen molar-refractivity contribution in [3.05, 3.63) is 59.7 Å². The molecule has 0 bridgehead atoms. The van der Waals surface area contributed by atoms with Gasteiger partial charge in [0.2, 0.25) is 5.78 Å². The van der Waals surface area contributed by atoms with E-state index in [1.165, 1.54) is 7.11 Å². The summed E-state index contributed by atoms with van der Waals surface area (Å²) in [5.74, 6) is -0.492. The van der Waals surface area contributed by atoms with Crippen LogP contribution in [0.25, 0.3) is 0 Å². The van der Waals surface area contributed by atoms with Gasteiger partial charge in [0.1, 0.15) is 11.5 Å². The molecule has 0 spiro atoms. The zero-order chi connectivity index (χ0) is 17.5. The van der Waals surface area contributed by atoms with Crippen LogP contribution in [0.15, 0.2) is 48.5 Å². The van der Waals surface area contributed by atoms with Crippen molar-refractivity contribution in [2.75, 3.05) is 21.3 Å². The molecule has 2 aromatic carbocycles. The first kappa shape index (κ1) is 17.5. The third-order valence-corrected chi connectivity index (χ3v) is 3.82. The van der Waals surface area contributed by atoms with E-state index in [1.807, 2.05) is 36.4 Å². The van der Waals surface area contributed by atoms with Crippen LogP contribution in [-0.4, -0.2) is 33.1 Å². The number of rotatable bonds is 7. The van der Waals surface area contributed by atoms with Gasteiger partial charge in [-0.1, -0.05) is 36.4 Å². The number of ketones is 1. The summed E-state index contributed by atoms with van der Waals surface area (Å²) in [5.41, 5.74) is 1.72. The van der Waals surface area contributed by atoms with Crippen LogP contribution in [0.5, 0.6) is 11.5 Å². The summed E-state index contributed by atoms with van der Waals surface area (Å²) in [5, 5.41) is 0. The minimum atomic E-state index is -0.844. The molecule has 0 saturated heterocycles. The Kier molecular flexibility index (Phi) is 5.95. The number of methoxy groups -OCH3 is 3. The number of hydrogen-bond acceptors (Lipinski definition) is 5. The number of Topliss-reactive ketones (excluding diaryl/α,β-unsaturated/α-hetero) is 1. The largest absolute Gasteiger partial charge is 0.497 e. The molecular weight excluding hydrogens is 308 g/mol. The maximum absolute atomic E-state index is 12.1. The number of esters is 1. The highest BCUT2D eigenvalue weighted by atomic mass is 16.5. The predicted octanol–water partition coefficient (Wildman–Crippen LogP) is 2.97. The van der Waals surface area contributed by atoms with Crippen LogP contribution < -0.4 is 9.47 Å². The fourth-order valence-corrected chi connectivity index (χ4v) is 2.58. The highest BCUT2D eigenvalue weighted by Gasteiger charge is 2.25. The average Bonchev–Trinajstić information content (AvgIpc) is 2.65. The Morgan fingerprint density at radius 1 is 0.958 bits per heavy atom. The Bertz CT molecular complexity index is 709. The lowest BCUT2D eigenvalue weighted by atomic mass is 9.86. The van der Waals surface area contributed by atoms with Crippen molar-refractivity contribution in [3.8, 4) is 11.5 Å². The number of carbonyl (C=O) groups is 2. The van der Waals surface area contributed by atoms with Crippen LogP contribution in [-0.2, 0) is 14.3 Å². The van der Waals surface area contributed by atoms with Crippen molar-refractivity contribution in [1.82, 2.24) is 0 Å². The van der Waals surface area contributed by atoms with Gasteiger partial charge in [0, 0.05) is 24.0 Å². The molecule has 1 atom stereocenters. The minimum Gasteiger partial charge on any atom is -0.497 e. The Hall–Kier alpha value is -2.82. The maximum atomic E-state index is 12.1. The van der Waals surface area contributed by atoms with E-state index < -0.39 is 11.8 Å². The molecule has 0 fully saturated rings. The second-order valence-corrected chi connectivity index (χ2v) is 5.19. The van der Waals surface area contributed by atoms with Gasteiger partial charge in [-0.3, -0.25) is 4.79 Å². The van der Waals surface area contributed by atoms with Crippen LogP contribution in [0.3, 0.4) is 0 Å². The average molecular weight is 328 g/mol. The first-order chi connectivity index (χ1) is 11.6. The standard InChI is InChI=1S/C19H20O5/c1-22-14-9-10-15(18(11-14)23-2)16(12-17(20)19(21)24-3)13-7-5-4-6-8-13/h4-11,16H,12H2,1-3H3/t16-/m1/s1. The molecule has 5 nitrogen and oxygen atoms in total. The highest BCUT2D eigenvalue weighted by Crippen LogP contribution is 2.36. The SMILES string of the molecule is COC(=O)C(=O)C[C@H](c1ccccc1)c1ccc(OC)cc1OC. The summed E-state index contributed by atoms with van der Waals surface area (Å²) >= 11 is 0. The van der Waals surface area contributed by atoms with Crippen molar-refractivity contribution < 1.29 is 23.8 Å². The lowest BCUT2D eigenvalue weighted by Crippen LogP contribution is -2.19. The number of hydrogen-bond donors (Lipinski definition) is 0. The van der Waals surface area contributed by atoms with Crippen molar-refractivity contribution >= 4 is 11.8 Å². The van der Waals surface area contributed by atoms with Gasteiger partial charge >= 0.3 is 5.97 Å². The molecule has 0 heterocycles. The van der Waals surface area contributed by atoms with Crippen LogP contribution in [0.4, 0.5) is 0 Å². The molecule has 5 heteroatoms. The molecule has 0 amide bonds. The number of benzene rings is 2. The molecule has 126 valence electrons. The van der Waals surface area contributed by atoms with Gasteiger partial charge in [0.25, 0.3) is 0 Å². The van der Waals surface area contributed by atoms with E-state index in [0.717, 1.165) is 11.1 Å². The smallest absolute Gasteiger partial charge is 0.374 e. The van der Waals surface area contributed by atoms with Gasteiger partial charge in [-0.15, -0.1) is 0 Å². The molecule has 0 radical (unpaired) electrons. The Balaban J connectivity index is 2.46. The van der Waals surface area contributed by atoms with Gasteiger partial charge in [0.15, 0.2) is 0 Å². The fraction of sp³-hybridized carbons (Fsp3) is 0.263. The minimum absolute atomic E-state index is 0.000620. The summed E-state index contributed by atoms with van der Waals surface area (Å²) in [6, 6.07) is 14.9. The quantitative estimate of drug-likeness (QED) is 0.577. The third-order valence-electron chi connectivity index (χ3n) is 3.82. The first-order valence-electron chi connectivity index (χ1n) is 7.48. The van der Waals surface area contributed by atoms with Gasteiger partial charge in [-0.2, -0.15) is 0 Å². The van der Waals surface area contributed by atoms with E-state index in [2.05, 4.69) is 4.74 Å². The molecule has 0 unspecified atom stereocenters. The molecule has 0 saturated carbocycles. The van der Waals surface area contributed by atoms with Crippen LogP contribution in [0, 0.1) is 0 Å². The van der Waals surface area contributed by atoms with Crippen LogP contribution >= 0.6 is 0 Å². The molecule has 2 aromatic rings. The van der Waals surface area contributed by atoms with E-state index in [4.69, 9.17) is 9.47 Å². The van der Waals surface area contributed by atoms with E-state index in [0.29, 0.717) is 11.5 Å². The summed E-state index contributed by atoms with van der Waals surface area (Å²) in [7, 11) is 4.33. The topological polar surface area (TPSA) is 61.8 Å². The van der Waals surface area contributed by atoms with Crippen molar-refractivity contribution in [1.29, 1.82) is 0 Å². The molecule has 0 aliphatic rings. The van der Waals surface area contributed by atoms with Gasteiger partial charge in [-0.05, 0) is 11.6 Å². The van der Waals surface area contributed by atoms with Gasteiger partial charge in [0.05, 0.1) is 21.3 Å².